The molecule has 1 aromatic heterocycles. The number of hydrogen-bond donors (Lipinski definition) is 0. The molecule has 0 atom stereocenters. The number of carbonyl (C=O) groups excluding carboxylic acids is 1. The lowest BCUT2D eigenvalue weighted by atomic mass is 10.0. The van der Waals surface area contributed by atoms with Crippen LogP contribution in [0.4, 0.5) is 0 Å². The van der Waals surface area contributed by atoms with E-state index in [0.717, 1.165) is 10.9 Å². The summed E-state index contributed by atoms with van der Waals surface area (Å²) in [7, 11) is 0. The highest BCUT2D eigenvalue weighted by atomic mass is 79.9. The lowest BCUT2D eigenvalue weighted by molar-refractivity contribution is 0.103. The van der Waals surface area contributed by atoms with Gasteiger partial charge < -0.3 is 0 Å². The van der Waals surface area contributed by atoms with Gasteiger partial charge in [-0.2, -0.15) is 0 Å². The van der Waals surface area contributed by atoms with Crippen molar-refractivity contribution >= 4 is 44.2 Å². The van der Waals surface area contributed by atoms with Crippen LogP contribution in [-0.4, -0.2) is 10.8 Å². The van der Waals surface area contributed by atoms with Gasteiger partial charge in [-0.05, 0) is 40.2 Å². The number of pyridine rings is 1. The van der Waals surface area contributed by atoms with Crippen LogP contribution >= 0.6 is 27.5 Å². The third-order valence-corrected chi connectivity index (χ3v) is 4.45. The van der Waals surface area contributed by atoms with Crippen LogP contribution in [0.3, 0.4) is 0 Å². The fourth-order valence-electron chi connectivity index (χ4n) is 2.03. The quantitative estimate of drug-likeness (QED) is 0.619. The zero-order valence-electron chi connectivity index (χ0n) is 10.3. The Morgan fingerprint density at radius 2 is 1.90 bits per heavy atom. The molecule has 0 radical (unpaired) electrons. The minimum atomic E-state index is -0.0994. The maximum absolute atomic E-state index is 12.5. The van der Waals surface area contributed by atoms with Gasteiger partial charge in [-0.1, -0.05) is 35.9 Å². The molecule has 0 spiro atoms. The number of ketones is 1. The summed E-state index contributed by atoms with van der Waals surface area (Å²) in [6.45, 7) is 0. The highest BCUT2D eigenvalue weighted by Crippen LogP contribution is 2.28. The van der Waals surface area contributed by atoms with E-state index < -0.39 is 0 Å². The number of benzene rings is 2. The number of carbonyl (C=O) groups is 1. The van der Waals surface area contributed by atoms with E-state index in [4.69, 9.17) is 11.6 Å². The number of aromatic nitrogens is 1. The fourth-order valence-corrected chi connectivity index (χ4v) is 2.65. The maximum atomic E-state index is 12.5. The molecule has 0 aliphatic heterocycles. The Hall–Kier alpha value is -1.71. The van der Waals surface area contributed by atoms with Crippen LogP contribution in [0, 0.1) is 0 Å². The molecule has 20 heavy (non-hydrogen) atoms. The van der Waals surface area contributed by atoms with Gasteiger partial charge in [0.25, 0.3) is 0 Å². The average Bonchev–Trinajstić information content (AvgIpc) is 2.49. The van der Waals surface area contributed by atoms with Gasteiger partial charge in [0.1, 0.15) is 0 Å². The fraction of sp³-hybridized carbons (Fsp3) is 0. The van der Waals surface area contributed by atoms with Crippen molar-refractivity contribution in [3.8, 4) is 0 Å². The summed E-state index contributed by atoms with van der Waals surface area (Å²) in [4.78, 5) is 16.8. The topological polar surface area (TPSA) is 30.0 Å². The Labute approximate surface area is 129 Å². The third kappa shape index (κ3) is 2.35. The molecule has 1 heterocycles. The molecule has 2 nitrogen and oxygen atoms in total. The van der Waals surface area contributed by atoms with Crippen molar-refractivity contribution in [3.05, 3.63) is 75.4 Å². The van der Waals surface area contributed by atoms with Crippen molar-refractivity contribution in [2.45, 2.75) is 0 Å². The number of hydrogen-bond acceptors (Lipinski definition) is 2. The van der Waals surface area contributed by atoms with Crippen LogP contribution in [0.5, 0.6) is 0 Å². The van der Waals surface area contributed by atoms with Gasteiger partial charge in [-0.25, -0.2) is 0 Å². The molecule has 0 bridgehead atoms. The molecular formula is C16H9BrClNO. The van der Waals surface area contributed by atoms with Crippen molar-refractivity contribution in [2.24, 2.45) is 0 Å². The molecule has 0 aliphatic rings. The standard InChI is InChI=1S/C16H9BrClNO/c17-15-12(5-3-6-13(15)18)16(20)11-8-10-4-1-2-7-14(10)19-9-11/h1-9H. The van der Waals surface area contributed by atoms with Crippen molar-refractivity contribution in [1.82, 2.24) is 4.98 Å². The van der Waals surface area contributed by atoms with Crippen LogP contribution in [-0.2, 0) is 0 Å². The van der Waals surface area contributed by atoms with Crippen LogP contribution in [0.15, 0.2) is 59.2 Å². The molecule has 0 unspecified atom stereocenters. The number of rotatable bonds is 2. The van der Waals surface area contributed by atoms with Crippen molar-refractivity contribution < 1.29 is 4.79 Å². The Kier molecular flexibility index (Phi) is 3.55. The predicted octanol–water partition coefficient (Wildman–Crippen LogP) is 4.88. The molecule has 0 N–H and O–H groups in total. The second-order valence-corrected chi connectivity index (χ2v) is 5.55. The summed E-state index contributed by atoms with van der Waals surface area (Å²) in [6, 6.07) is 14.8. The Bertz CT molecular complexity index is 816. The van der Waals surface area contributed by atoms with E-state index in [9.17, 15) is 4.79 Å². The van der Waals surface area contributed by atoms with Crippen molar-refractivity contribution in [2.75, 3.05) is 0 Å². The van der Waals surface area contributed by atoms with Crippen molar-refractivity contribution in [3.63, 3.8) is 0 Å². The molecule has 0 saturated heterocycles. The first-order chi connectivity index (χ1) is 9.66. The first-order valence-electron chi connectivity index (χ1n) is 6.00. The molecule has 0 saturated carbocycles. The molecule has 0 aliphatic carbocycles. The van der Waals surface area contributed by atoms with Crippen LogP contribution in [0.2, 0.25) is 5.02 Å². The summed E-state index contributed by atoms with van der Waals surface area (Å²) >= 11 is 9.38. The summed E-state index contributed by atoms with van der Waals surface area (Å²) in [5, 5.41) is 1.46. The zero-order valence-corrected chi connectivity index (χ0v) is 12.6. The molecule has 98 valence electrons. The number of para-hydroxylation sites is 1. The van der Waals surface area contributed by atoms with Gasteiger partial charge in [-0.15, -0.1) is 0 Å². The zero-order chi connectivity index (χ0) is 14.1. The van der Waals surface area contributed by atoms with E-state index in [-0.39, 0.29) is 5.78 Å². The van der Waals surface area contributed by atoms with Crippen LogP contribution < -0.4 is 0 Å². The molecule has 0 amide bonds. The molecule has 3 aromatic rings. The Balaban J connectivity index is 2.10. The average molecular weight is 347 g/mol. The monoisotopic (exact) mass is 345 g/mol. The lowest BCUT2D eigenvalue weighted by Crippen LogP contribution is -2.03. The minimum absolute atomic E-state index is 0.0994. The molecule has 4 heteroatoms. The van der Waals surface area contributed by atoms with E-state index in [1.165, 1.54) is 0 Å². The van der Waals surface area contributed by atoms with Gasteiger partial charge in [0.05, 0.1) is 10.5 Å². The van der Waals surface area contributed by atoms with Gasteiger partial charge in [-0.3, -0.25) is 9.78 Å². The molecule has 3 rings (SSSR count). The first-order valence-corrected chi connectivity index (χ1v) is 7.17. The van der Waals surface area contributed by atoms with E-state index in [1.807, 2.05) is 30.3 Å². The highest BCUT2D eigenvalue weighted by Gasteiger charge is 2.15. The predicted molar refractivity (Wildman–Crippen MR) is 84.3 cm³/mol. The van der Waals surface area contributed by atoms with E-state index in [0.29, 0.717) is 20.6 Å². The minimum Gasteiger partial charge on any atom is -0.289 e. The van der Waals surface area contributed by atoms with Gasteiger partial charge in [0, 0.05) is 27.2 Å². The normalized spacial score (nSPS) is 10.7. The maximum Gasteiger partial charge on any atom is 0.195 e. The Morgan fingerprint density at radius 3 is 2.75 bits per heavy atom. The van der Waals surface area contributed by atoms with Crippen LogP contribution in [0.25, 0.3) is 10.9 Å². The summed E-state index contributed by atoms with van der Waals surface area (Å²) in [5.74, 6) is -0.0994. The summed E-state index contributed by atoms with van der Waals surface area (Å²) in [6.07, 6.45) is 1.60. The van der Waals surface area contributed by atoms with Crippen LogP contribution in [0.1, 0.15) is 15.9 Å². The SMILES string of the molecule is O=C(c1cnc2ccccc2c1)c1cccc(Cl)c1Br. The summed E-state index contributed by atoms with van der Waals surface area (Å²) < 4.78 is 0.611. The second-order valence-electron chi connectivity index (χ2n) is 4.35. The first kappa shape index (κ1) is 13.3. The number of nitrogens with zero attached hydrogens (tertiary/aromatic N) is 1. The third-order valence-electron chi connectivity index (χ3n) is 3.05. The molecule has 2 aromatic carbocycles. The van der Waals surface area contributed by atoms with Crippen molar-refractivity contribution in [1.29, 1.82) is 0 Å². The molecular weight excluding hydrogens is 338 g/mol. The Morgan fingerprint density at radius 1 is 1.10 bits per heavy atom. The highest BCUT2D eigenvalue weighted by molar-refractivity contribution is 9.10. The lowest BCUT2D eigenvalue weighted by Gasteiger charge is -2.06. The van der Waals surface area contributed by atoms with Gasteiger partial charge in [0.15, 0.2) is 5.78 Å². The largest absolute Gasteiger partial charge is 0.289 e. The van der Waals surface area contributed by atoms with Gasteiger partial charge >= 0.3 is 0 Å². The van der Waals surface area contributed by atoms with E-state index in [2.05, 4.69) is 20.9 Å². The number of fused-ring (bicyclic) bond motifs is 1. The second kappa shape index (κ2) is 5.35. The number of halogens is 2. The van der Waals surface area contributed by atoms with Gasteiger partial charge in [0.2, 0.25) is 0 Å². The summed E-state index contributed by atoms with van der Waals surface area (Å²) in [5.41, 5.74) is 1.95. The van der Waals surface area contributed by atoms with E-state index >= 15 is 0 Å². The van der Waals surface area contributed by atoms with E-state index in [1.54, 1.807) is 24.4 Å². The molecule has 0 fully saturated rings. The smallest absolute Gasteiger partial charge is 0.195 e.